The fourth-order valence-electron chi connectivity index (χ4n) is 1.35. The van der Waals surface area contributed by atoms with Gasteiger partial charge in [0.25, 0.3) is 0 Å². The average Bonchev–Trinajstić information content (AvgIpc) is 2.94. The number of aromatic nitrogens is 3. The molecule has 94 valence electrons. The zero-order valence-corrected chi connectivity index (χ0v) is 12.8. The normalized spacial score (nSPS) is 22.8. The van der Waals surface area contributed by atoms with Crippen molar-refractivity contribution in [2.24, 2.45) is 5.92 Å². The third kappa shape index (κ3) is 4.03. The van der Waals surface area contributed by atoms with E-state index in [1.54, 1.807) is 23.5 Å². The minimum Gasteiger partial charge on any atom is -0.196 e. The maximum atomic E-state index is 4.51. The summed E-state index contributed by atoms with van der Waals surface area (Å²) >= 11 is 5.19. The van der Waals surface area contributed by atoms with Gasteiger partial charge in [-0.15, -0.1) is 0 Å². The first-order chi connectivity index (χ1) is 8.22. The monoisotopic (exact) mass is 287 g/mol. The van der Waals surface area contributed by atoms with Gasteiger partial charge in [-0.05, 0) is 23.8 Å². The van der Waals surface area contributed by atoms with Crippen LogP contribution in [0.5, 0.6) is 0 Å². The van der Waals surface area contributed by atoms with Crippen molar-refractivity contribution in [2.75, 3.05) is 11.5 Å². The Bertz CT molecular complexity index is 362. The molecule has 0 saturated heterocycles. The number of hydrogen-bond acceptors (Lipinski definition) is 6. The fraction of sp³-hybridized carbons (Fsp3) is 0.727. The fourth-order valence-corrected chi connectivity index (χ4v) is 3.82. The number of thioether (sulfide) groups is 3. The highest BCUT2D eigenvalue weighted by molar-refractivity contribution is 8.00. The van der Waals surface area contributed by atoms with Gasteiger partial charge in [0.1, 0.15) is 0 Å². The maximum Gasteiger partial charge on any atom is 0.192 e. The van der Waals surface area contributed by atoms with E-state index in [1.807, 2.05) is 11.8 Å². The van der Waals surface area contributed by atoms with Gasteiger partial charge in [0, 0.05) is 5.25 Å². The van der Waals surface area contributed by atoms with E-state index < -0.39 is 0 Å². The highest BCUT2D eigenvalue weighted by Crippen LogP contribution is 2.43. The van der Waals surface area contributed by atoms with Crippen molar-refractivity contribution in [3.05, 3.63) is 0 Å². The van der Waals surface area contributed by atoms with Gasteiger partial charge in [-0.2, -0.15) is 15.0 Å². The maximum absolute atomic E-state index is 4.51. The second-order valence-corrected chi connectivity index (χ2v) is 7.59. The number of hydrogen-bond donors (Lipinski definition) is 0. The molecule has 0 aliphatic heterocycles. The van der Waals surface area contributed by atoms with Crippen LogP contribution in [-0.4, -0.2) is 31.7 Å². The molecule has 1 saturated carbocycles. The number of nitrogens with zero attached hydrogens (tertiary/aromatic N) is 3. The Hall–Kier alpha value is 0.0600. The summed E-state index contributed by atoms with van der Waals surface area (Å²) in [6, 6.07) is 0. The molecule has 1 aliphatic rings. The summed E-state index contributed by atoms with van der Waals surface area (Å²) in [5.74, 6) is 2.83. The lowest BCUT2D eigenvalue weighted by Crippen LogP contribution is -1.98. The summed E-state index contributed by atoms with van der Waals surface area (Å²) in [5, 5.41) is 3.36. The van der Waals surface area contributed by atoms with Gasteiger partial charge in [-0.25, -0.2) is 0 Å². The molecule has 0 spiro atoms. The minimum atomic E-state index is 0.719. The zero-order valence-electron chi connectivity index (χ0n) is 10.3. The first kappa shape index (κ1) is 13.5. The van der Waals surface area contributed by atoms with Crippen LogP contribution in [0.3, 0.4) is 0 Å². The summed E-state index contributed by atoms with van der Waals surface area (Å²) in [6.45, 7) is 6.52. The largest absolute Gasteiger partial charge is 0.196 e. The van der Waals surface area contributed by atoms with E-state index in [-0.39, 0.29) is 0 Å². The van der Waals surface area contributed by atoms with Gasteiger partial charge >= 0.3 is 0 Å². The summed E-state index contributed by atoms with van der Waals surface area (Å²) in [4.78, 5) is 13.5. The molecule has 6 heteroatoms. The first-order valence-corrected chi connectivity index (χ1v) is 8.76. The molecule has 0 N–H and O–H groups in total. The van der Waals surface area contributed by atoms with Crippen LogP contribution in [0.15, 0.2) is 15.5 Å². The lowest BCUT2D eigenvalue weighted by molar-refractivity contribution is 0.717. The highest BCUT2D eigenvalue weighted by atomic mass is 32.2. The van der Waals surface area contributed by atoms with Gasteiger partial charge in [0.2, 0.25) is 0 Å². The van der Waals surface area contributed by atoms with Crippen molar-refractivity contribution >= 4 is 35.3 Å². The van der Waals surface area contributed by atoms with E-state index >= 15 is 0 Å². The molecule has 0 radical (unpaired) electrons. The molecular weight excluding hydrogens is 270 g/mol. The summed E-state index contributed by atoms with van der Waals surface area (Å²) in [7, 11) is 0. The highest BCUT2D eigenvalue weighted by Gasteiger charge is 2.34. The molecule has 17 heavy (non-hydrogen) atoms. The molecule has 1 aliphatic carbocycles. The van der Waals surface area contributed by atoms with Crippen molar-refractivity contribution < 1.29 is 0 Å². The van der Waals surface area contributed by atoms with Crippen LogP contribution in [0.2, 0.25) is 0 Å². The summed E-state index contributed by atoms with van der Waals surface area (Å²) in [5.41, 5.74) is 0. The van der Waals surface area contributed by atoms with Crippen LogP contribution in [0, 0.1) is 5.92 Å². The van der Waals surface area contributed by atoms with E-state index in [2.05, 4.69) is 35.7 Å². The quantitative estimate of drug-likeness (QED) is 0.744. The van der Waals surface area contributed by atoms with Gasteiger partial charge < -0.3 is 0 Å². The van der Waals surface area contributed by atoms with Crippen molar-refractivity contribution in [3.8, 4) is 0 Å². The van der Waals surface area contributed by atoms with Crippen LogP contribution in [0.4, 0.5) is 0 Å². The van der Waals surface area contributed by atoms with Crippen LogP contribution in [-0.2, 0) is 0 Å². The molecular formula is C11H17N3S3. The second-order valence-electron chi connectivity index (χ2n) is 3.92. The Morgan fingerprint density at radius 1 is 1.00 bits per heavy atom. The van der Waals surface area contributed by atoms with E-state index in [4.69, 9.17) is 0 Å². The first-order valence-electron chi connectivity index (χ1n) is 5.91. The van der Waals surface area contributed by atoms with E-state index in [0.29, 0.717) is 0 Å². The van der Waals surface area contributed by atoms with E-state index in [0.717, 1.165) is 38.1 Å². The Balaban J connectivity index is 2.11. The van der Waals surface area contributed by atoms with Crippen molar-refractivity contribution in [2.45, 2.75) is 47.9 Å². The van der Waals surface area contributed by atoms with Crippen molar-refractivity contribution in [1.29, 1.82) is 0 Å². The molecule has 1 aromatic rings. The summed E-state index contributed by atoms with van der Waals surface area (Å²) < 4.78 is 0. The Kier molecular flexibility index (Phi) is 4.99. The van der Waals surface area contributed by atoms with E-state index in [9.17, 15) is 0 Å². The molecule has 3 nitrogen and oxygen atoms in total. The SMILES string of the molecule is CCSc1nc(SCC)nc(S[C@@H]2CC2C)n1. The van der Waals surface area contributed by atoms with Crippen molar-refractivity contribution in [3.63, 3.8) is 0 Å². The Morgan fingerprint density at radius 2 is 1.47 bits per heavy atom. The van der Waals surface area contributed by atoms with Gasteiger partial charge in [0.05, 0.1) is 0 Å². The molecule has 0 amide bonds. The third-order valence-electron chi connectivity index (χ3n) is 2.41. The molecule has 1 aromatic heterocycles. The molecule has 0 bridgehead atoms. The van der Waals surface area contributed by atoms with Gasteiger partial charge in [0.15, 0.2) is 15.5 Å². The average molecular weight is 287 g/mol. The van der Waals surface area contributed by atoms with Crippen LogP contribution >= 0.6 is 35.3 Å². The lowest BCUT2D eigenvalue weighted by atomic mass is 10.5. The topological polar surface area (TPSA) is 38.7 Å². The molecule has 1 fully saturated rings. The van der Waals surface area contributed by atoms with Crippen LogP contribution in [0.1, 0.15) is 27.2 Å². The predicted octanol–water partition coefficient (Wildman–Crippen LogP) is 3.60. The third-order valence-corrected chi connectivity index (χ3v) is 5.23. The lowest BCUT2D eigenvalue weighted by Gasteiger charge is -2.04. The van der Waals surface area contributed by atoms with Crippen LogP contribution in [0.25, 0.3) is 0 Å². The molecule has 2 rings (SSSR count). The minimum absolute atomic E-state index is 0.719. The smallest absolute Gasteiger partial charge is 0.192 e. The molecule has 1 heterocycles. The molecule has 1 unspecified atom stereocenters. The number of rotatable bonds is 6. The Labute approximate surface area is 115 Å². The Morgan fingerprint density at radius 3 is 1.88 bits per heavy atom. The zero-order chi connectivity index (χ0) is 12.3. The predicted molar refractivity (Wildman–Crippen MR) is 76.0 cm³/mol. The molecule has 0 aromatic carbocycles. The summed E-state index contributed by atoms with van der Waals surface area (Å²) in [6.07, 6.45) is 1.29. The van der Waals surface area contributed by atoms with Crippen LogP contribution < -0.4 is 0 Å². The molecule has 2 atom stereocenters. The van der Waals surface area contributed by atoms with Gasteiger partial charge in [-0.1, -0.05) is 56.1 Å². The standard InChI is InChI=1S/C11H17N3S3/c1-4-15-9-12-10(16-5-2)14-11(13-9)17-8-6-7(8)3/h7-8H,4-6H2,1-3H3/t7?,8-/m1/s1. The van der Waals surface area contributed by atoms with E-state index in [1.165, 1.54) is 6.42 Å². The second kappa shape index (κ2) is 6.29. The van der Waals surface area contributed by atoms with Gasteiger partial charge in [-0.3, -0.25) is 0 Å². The van der Waals surface area contributed by atoms with Crippen molar-refractivity contribution in [1.82, 2.24) is 15.0 Å².